The van der Waals surface area contributed by atoms with Crippen LogP contribution in [0, 0.1) is 13.8 Å². The molecule has 0 fully saturated rings. The van der Waals surface area contributed by atoms with Gasteiger partial charge in [-0.3, -0.25) is 0 Å². The number of fused-ring (bicyclic) bond motifs is 3. The summed E-state index contributed by atoms with van der Waals surface area (Å²) >= 11 is 0. The highest BCUT2D eigenvalue weighted by atomic mass is 16.5. The number of aryl methyl sites for hydroxylation is 2. The number of nitrogens with zero attached hydrogens (tertiary/aromatic N) is 4. The van der Waals surface area contributed by atoms with Gasteiger partial charge in [-0.05, 0) is 61.4 Å². The lowest BCUT2D eigenvalue weighted by Crippen LogP contribution is -2.26. The minimum Gasteiger partial charge on any atom is -0.497 e. The van der Waals surface area contributed by atoms with Crippen molar-refractivity contribution in [2.24, 2.45) is 0 Å². The quantitative estimate of drug-likeness (QED) is 0.406. The lowest BCUT2D eigenvalue weighted by Gasteiger charge is -2.23. The van der Waals surface area contributed by atoms with Crippen molar-refractivity contribution in [2.45, 2.75) is 20.4 Å². The maximum atomic E-state index is 6.12. The molecule has 0 saturated carbocycles. The van der Waals surface area contributed by atoms with E-state index in [-0.39, 0.29) is 0 Å². The normalized spacial score (nSPS) is 13.6. The first-order valence-electron chi connectivity index (χ1n) is 11.4. The molecule has 0 atom stereocenters. The molecule has 1 N–H and O–H groups in total. The van der Waals surface area contributed by atoms with Crippen LogP contribution in [0.25, 0.3) is 33.1 Å². The van der Waals surface area contributed by atoms with Crippen molar-refractivity contribution < 1.29 is 9.47 Å². The molecule has 3 aromatic carbocycles. The third-order valence-corrected chi connectivity index (χ3v) is 6.27. The highest BCUT2D eigenvalue weighted by molar-refractivity contribution is 5.90. The van der Waals surface area contributed by atoms with Crippen molar-refractivity contribution in [3.05, 3.63) is 71.8 Å². The molecule has 3 heterocycles. The topological polar surface area (TPSA) is 76.2 Å². The number of aromatic amines is 1. The van der Waals surface area contributed by atoms with Gasteiger partial charge in [0.2, 0.25) is 0 Å². The van der Waals surface area contributed by atoms with Gasteiger partial charge in [0.05, 0.1) is 30.2 Å². The number of anilines is 1. The lowest BCUT2D eigenvalue weighted by atomic mass is 10.0. The minimum absolute atomic E-state index is 0.590. The smallest absolute Gasteiger partial charge is 0.140 e. The molecule has 0 radical (unpaired) electrons. The van der Waals surface area contributed by atoms with Crippen molar-refractivity contribution in [3.8, 4) is 22.6 Å². The van der Waals surface area contributed by atoms with Gasteiger partial charge in [-0.2, -0.15) is 0 Å². The molecule has 0 aliphatic carbocycles. The van der Waals surface area contributed by atoms with Crippen LogP contribution in [0.5, 0.6) is 11.5 Å². The Labute approximate surface area is 197 Å². The van der Waals surface area contributed by atoms with Gasteiger partial charge in [-0.25, -0.2) is 15.0 Å². The fourth-order valence-electron chi connectivity index (χ4n) is 4.65. The van der Waals surface area contributed by atoms with Crippen molar-refractivity contribution in [2.75, 3.05) is 25.2 Å². The largest absolute Gasteiger partial charge is 0.497 e. The first-order valence-corrected chi connectivity index (χ1v) is 11.4. The molecular formula is C27H25N5O2. The molecule has 2 aromatic heterocycles. The predicted molar refractivity (Wildman–Crippen MR) is 134 cm³/mol. The molecule has 0 amide bonds. The fraction of sp³-hybridized carbons (Fsp3) is 0.222. The summed E-state index contributed by atoms with van der Waals surface area (Å²) in [5.74, 6) is 4.28. The van der Waals surface area contributed by atoms with Gasteiger partial charge < -0.3 is 19.4 Å². The molecule has 0 spiro atoms. The average Bonchev–Trinajstić information content (AvgIpc) is 3.08. The number of benzene rings is 3. The van der Waals surface area contributed by atoms with E-state index < -0.39 is 0 Å². The molecule has 7 nitrogen and oxygen atoms in total. The molecule has 0 unspecified atom stereocenters. The molecule has 6 rings (SSSR count). The van der Waals surface area contributed by atoms with E-state index in [4.69, 9.17) is 14.5 Å². The van der Waals surface area contributed by atoms with E-state index in [1.165, 1.54) is 0 Å². The summed E-state index contributed by atoms with van der Waals surface area (Å²) in [6.07, 6.45) is 0. The van der Waals surface area contributed by atoms with Gasteiger partial charge >= 0.3 is 0 Å². The number of hydrogen-bond donors (Lipinski definition) is 1. The first kappa shape index (κ1) is 20.5. The monoisotopic (exact) mass is 451 g/mol. The number of hydrogen-bond acceptors (Lipinski definition) is 6. The summed E-state index contributed by atoms with van der Waals surface area (Å²) in [7, 11) is 1.67. The third-order valence-electron chi connectivity index (χ3n) is 6.27. The van der Waals surface area contributed by atoms with Gasteiger partial charge in [0.15, 0.2) is 0 Å². The number of methoxy groups -OCH3 is 1. The van der Waals surface area contributed by atoms with Crippen LogP contribution in [-0.2, 0) is 6.54 Å². The van der Waals surface area contributed by atoms with Gasteiger partial charge in [0.1, 0.15) is 35.6 Å². The minimum atomic E-state index is 0.590. The van der Waals surface area contributed by atoms with Crippen LogP contribution in [0.1, 0.15) is 17.2 Å². The summed E-state index contributed by atoms with van der Waals surface area (Å²) < 4.78 is 11.5. The van der Waals surface area contributed by atoms with Crippen LogP contribution < -0.4 is 14.4 Å². The molecule has 7 heteroatoms. The van der Waals surface area contributed by atoms with E-state index in [1.54, 1.807) is 7.11 Å². The Hall–Kier alpha value is -4.13. The number of imidazole rings is 1. The molecule has 170 valence electrons. The number of ether oxygens (including phenoxy) is 2. The molecule has 1 aliphatic heterocycles. The fourth-order valence-corrected chi connectivity index (χ4v) is 4.65. The third kappa shape index (κ3) is 3.59. The molecule has 0 saturated heterocycles. The van der Waals surface area contributed by atoms with Crippen LogP contribution in [0.15, 0.2) is 54.6 Å². The maximum Gasteiger partial charge on any atom is 0.140 e. The molecule has 1 aliphatic rings. The van der Waals surface area contributed by atoms with E-state index in [1.807, 2.05) is 32.0 Å². The number of rotatable bonds is 3. The van der Waals surface area contributed by atoms with Crippen LogP contribution >= 0.6 is 0 Å². The average molecular weight is 452 g/mol. The Morgan fingerprint density at radius 1 is 0.912 bits per heavy atom. The number of H-pyrrole nitrogens is 1. The van der Waals surface area contributed by atoms with Crippen molar-refractivity contribution >= 4 is 27.8 Å². The summed E-state index contributed by atoms with van der Waals surface area (Å²) in [6, 6.07) is 18.7. The zero-order valence-corrected chi connectivity index (χ0v) is 19.4. The highest BCUT2D eigenvalue weighted by Crippen LogP contribution is 2.34. The highest BCUT2D eigenvalue weighted by Gasteiger charge is 2.20. The van der Waals surface area contributed by atoms with E-state index in [0.29, 0.717) is 13.2 Å². The zero-order valence-electron chi connectivity index (χ0n) is 19.4. The second-order valence-corrected chi connectivity index (χ2v) is 8.62. The second kappa shape index (κ2) is 8.02. The van der Waals surface area contributed by atoms with Crippen molar-refractivity contribution in [1.82, 2.24) is 19.9 Å². The van der Waals surface area contributed by atoms with E-state index >= 15 is 0 Å². The SMILES string of the molecule is COc1ccc2c(N3CCOc4ccc(-c5ccc6nc(C)[nH]c6c5)cc4C3)nc(C)nc2c1. The molecule has 34 heavy (non-hydrogen) atoms. The second-order valence-electron chi connectivity index (χ2n) is 8.62. The molecule has 0 bridgehead atoms. The molecular weight excluding hydrogens is 426 g/mol. The zero-order chi connectivity index (χ0) is 23.2. The number of aromatic nitrogens is 4. The number of nitrogens with one attached hydrogen (secondary N) is 1. The van der Waals surface area contributed by atoms with E-state index in [2.05, 4.69) is 56.3 Å². The van der Waals surface area contributed by atoms with E-state index in [9.17, 15) is 0 Å². The molecule has 5 aromatic rings. The maximum absolute atomic E-state index is 6.12. The lowest BCUT2D eigenvalue weighted by molar-refractivity contribution is 0.331. The van der Waals surface area contributed by atoms with Crippen LogP contribution in [0.3, 0.4) is 0 Å². The van der Waals surface area contributed by atoms with E-state index in [0.717, 1.165) is 74.1 Å². The summed E-state index contributed by atoms with van der Waals surface area (Å²) in [5, 5.41) is 1.01. The van der Waals surface area contributed by atoms with Crippen LogP contribution in [0.4, 0.5) is 5.82 Å². The van der Waals surface area contributed by atoms with Crippen LogP contribution in [-0.4, -0.2) is 40.2 Å². The standard InChI is InChI=1S/C27H25N5O2/c1-16-28-23-8-4-19(13-25(23)30-16)18-5-9-26-20(12-18)15-32(10-11-34-26)27-22-7-6-21(33-3)14-24(22)29-17(2)31-27/h4-9,12-14H,10-11,15H2,1-3H3,(H,28,30). The Bertz CT molecular complexity index is 1540. The Morgan fingerprint density at radius 3 is 2.65 bits per heavy atom. The van der Waals surface area contributed by atoms with Crippen molar-refractivity contribution in [3.63, 3.8) is 0 Å². The van der Waals surface area contributed by atoms with Gasteiger partial charge in [0.25, 0.3) is 0 Å². The summed E-state index contributed by atoms with van der Waals surface area (Å²) in [5.41, 5.74) is 6.32. The van der Waals surface area contributed by atoms with Gasteiger partial charge in [0, 0.05) is 23.6 Å². The predicted octanol–water partition coefficient (Wildman–Crippen LogP) is 5.20. The van der Waals surface area contributed by atoms with Crippen molar-refractivity contribution in [1.29, 1.82) is 0 Å². The van der Waals surface area contributed by atoms with Crippen LogP contribution in [0.2, 0.25) is 0 Å². The summed E-state index contributed by atoms with van der Waals surface area (Å²) in [6.45, 7) is 5.93. The Balaban J connectivity index is 1.40. The first-order chi connectivity index (χ1) is 16.6. The Kier molecular flexibility index (Phi) is 4.83. The summed E-state index contributed by atoms with van der Waals surface area (Å²) in [4.78, 5) is 19.6. The van der Waals surface area contributed by atoms with Gasteiger partial charge in [-0.1, -0.05) is 12.1 Å². The van der Waals surface area contributed by atoms with Gasteiger partial charge in [-0.15, -0.1) is 0 Å². The Morgan fingerprint density at radius 2 is 1.76 bits per heavy atom.